The van der Waals surface area contributed by atoms with Crippen LogP contribution in [0.4, 0.5) is 0 Å². The van der Waals surface area contributed by atoms with Crippen molar-refractivity contribution in [2.75, 3.05) is 7.11 Å². The van der Waals surface area contributed by atoms with E-state index in [1.165, 1.54) is 0 Å². The van der Waals surface area contributed by atoms with Gasteiger partial charge in [-0.15, -0.1) is 0 Å². The molecular weight excluding hydrogens is 254 g/mol. The highest BCUT2D eigenvalue weighted by molar-refractivity contribution is 9.10. The standard InChI is InChI=1S/C12H12BrNO/c1-15-12-5-8(7-14)4-9-6-10(13)2-3-11(9)12/h2-6H,7,14H2,1H3. The molecule has 0 aliphatic heterocycles. The Bertz CT molecular complexity index is 496. The van der Waals surface area contributed by atoms with Crippen molar-refractivity contribution in [3.63, 3.8) is 0 Å². The van der Waals surface area contributed by atoms with Gasteiger partial charge in [-0.3, -0.25) is 0 Å². The molecule has 0 aliphatic rings. The lowest BCUT2D eigenvalue weighted by molar-refractivity contribution is 0.419. The fraction of sp³-hybridized carbons (Fsp3) is 0.167. The van der Waals surface area contributed by atoms with Gasteiger partial charge in [0.2, 0.25) is 0 Å². The maximum absolute atomic E-state index is 5.64. The Morgan fingerprint density at radius 2 is 2.07 bits per heavy atom. The summed E-state index contributed by atoms with van der Waals surface area (Å²) < 4.78 is 6.40. The number of hydrogen-bond acceptors (Lipinski definition) is 2. The zero-order valence-electron chi connectivity index (χ0n) is 8.46. The zero-order chi connectivity index (χ0) is 10.8. The predicted molar refractivity (Wildman–Crippen MR) is 66.1 cm³/mol. The molecule has 0 saturated carbocycles. The quantitative estimate of drug-likeness (QED) is 0.906. The smallest absolute Gasteiger partial charge is 0.127 e. The van der Waals surface area contributed by atoms with Crippen LogP contribution in [-0.4, -0.2) is 7.11 Å². The van der Waals surface area contributed by atoms with Gasteiger partial charge in [0.15, 0.2) is 0 Å². The largest absolute Gasteiger partial charge is 0.496 e. The highest BCUT2D eigenvalue weighted by Crippen LogP contribution is 2.29. The van der Waals surface area contributed by atoms with E-state index in [4.69, 9.17) is 10.5 Å². The van der Waals surface area contributed by atoms with E-state index in [0.29, 0.717) is 6.54 Å². The predicted octanol–water partition coefficient (Wildman–Crippen LogP) is 3.07. The van der Waals surface area contributed by atoms with Gasteiger partial charge in [-0.05, 0) is 41.3 Å². The first kappa shape index (κ1) is 10.5. The molecule has 2 aromatic rings. The summed E-state index contributed by atoms with van der Waals surface area (Å²) in [6.45, 7) is 0.527. The molecule has 0 atom stereocenters. The maximum atomic E-state index is 5.64. The van der Waals surface area contributed by atoms with Crippen LogP contribution in [0.2, 0.25) is 0 Å². The zero-order valence-corrected chi connectivity index (χ0v) is 10.0. The highest BCUT2D eigenvalue weighted by Gasteiger charge is 2.04. The summed E-state index contributed by atoms with van der Waals surface area (Å²) in [7, 11) is 1.68. The third-order valence-electron chi connectivity index (χ3n) is 2.39. The number of ether oxygens (including phenoxy) is 1. The van der Waals surface area contributed by atoms with Gasteiger partial charge in [0.1, 0.15) is 5.75 Å². The second-order valence-electron chi connectivity index (χ2n) is 3.37. The molecule has 3 heteroatoms. The number of fused-ring (bicyclic) bond motifs is 1. The second-order valence-corrected chi connectivity index (χ2v) is 4.28. The van der Waals surface area contributed by atoms with E-state index >= 15 is 0 Å². The summed E-state index contributed by atoms with van der Waals surface area (Å²) in [5.74, 6) is 0.875. The summed E-state index contributed by atoms with van der Waals surface area (Å²) in [4.78, 5) is 0. The number of halogens is 1. The molecule has 2 N–H and O–H groups in total. The lowest BCUT2D eigenvalue weighted by Crippen LogP contribution is -1.97. The van der Waals surface area contributed by atoms with Crippen LogP contribution in [0.1, 0.15) is 5.56 Å². The van der Waals surface area contributed by atoms with Crippen LogP contribution in [-0.2, 0) is 6.54 Å². The second kappa shape index (κ2) is 4.21. The van der Waals surface area contributed by atoms with E-state index in [9.17, 15) is 0 Å². The number of nitrogens with two attached hydrogens (primary N) is 1. The molecule has 0 aliphatic carbocycles. The Labute approximate surface area is 97.2 Å². The minimum atomic E-state index is 0.527. The van der Waals surface area contributed by atoms with Crippen molar-refractivity contribution in [3.8, 4) is 5.75 Å². The Morgan fingerprint density at radius 3 is 2.73 bits per heavy atom. The number of hydrogen-bond donors (Lipinski definition) is 1. The molecule has 2 rings (SSSR count). The van der Waals surface area contributed by atoms with Crippen molar-refractivity contribution in [1.82, 2.24) is 0 Å². The van der Waals surface area contributed by atoms with E-state index in [-0.39, 0.29) is 0 Å². The summed E-state index contributed by atoms with van der Waals surface area (Å²) in [6, 6.07) is 10.2. The molecule has 0 heterocycles. The maximum Gasteiger partial charge on any atom is 0.127 e. The van der Waals surface area contributed by atoms with Crippen molar-refractivity contribution in [1.29, 1.82) is 0 Å². The minimum Gasteiger partial charge on any atom is -0.496 e. The average Bonchev–Trinajstić information content (AvgIpc) is 2.26. The minimum absolute atomic E-state index is 0.527. The lowest BCUT2D eigenvalue weighted by atomic mass is 10.1. The van der Waals surface area contributed by atoms with Gasteiger partial charge in [-0.2, -0.15) is 0 Å². The van der Waals surface area contributed by atoms with Crippen molar-refractivity contribution in [3.05, 3.63) is 40.4 Å². The summed E-state index contributed by atoms with van der Waals surface area (Å²) >= 11 is 3.45. The topological polar surface area (TPSA) is 35.2 Å². The molecule has 0 unspecified atom stereocenters. The Morgan fingerprint density at radius 1 is 1.27 bits per heavy atom. The van der Waals surface area contributed by atoms with Crippen molar-refractivity contribution < 1.29 is 4.74 Å². The lowest BCUT2D eigenvalue weighted by Gasteiger charge is -2.08. The van der Waals surface area contributed by atoms with Crippen LogP contribution in [0.5, 0.6) is 5.75 Å². The SMILES string of the molecule is COc1cc(CN)cc2cc(Br)ccc12. The summed E-state index contributed by atoms with van der Waals surface area (Å²) in [6.07, 6.45) is 0. The van der Waals surface area contributed by atoms with Crippen LogP contribution in [0.3, 0.4) is 0 Å². The molecule has 0 aromatic heterocycles. The first-order valence-electron chi connectivity index (χ1n) is 4.71. The normalized spacial score (nSPS) is 10.6. The Kier molecular flexibility index (Phi) is 2.93. The van der Waals surface area contributed by atoms with Gasteiger partial charge in [0.25, 0.3) is 0 Å². The molecule has 0 bridgehead atoms. The highest BCUT2D eigenvalue weighted by atomic mass is 79.9. The van der Waals surface area contributed by atoms with Crippen molar-refractivity contribution >= 4 is 26.7 Å². The molecule has 2 aromatic carbocycles. The summed E-state index contributed by atoms with van der Waals surface area (Å²) in [5, 5.41) is 2.25. The Hall–Kier alpha value is -1.06. The summed E-state index contributed by atoms with van der Waals surface area (Å²) in [5.41, 5.74) is 6.72. The first-order chi connectivity index (χ1) is 7.24. The molecule has 0 fully saturated rings. The average molecular weight is 266 g/mol. The monoisotopic (exact) mass is 265 g/mol. The van der Waals surface area contributed by atoms with Crippen LogP contribution >= 0.6 is 15.9 Å². The van der Waals surface area contributed by atoms with Crippen LogP contribution in [0.25, 0.3) is 10.8 Å². The molecule has 0 spiro atoms. The van der Waals surface area contributed by atoms with E-state index in [1.807, 2.05) is 18.2 Å². The molecule has 0 amide bonds. The number of rotatable bonds is 2. The van der Waals surface area contributed by atoms with Crippen LogP contribution < -0.4 is 10.5 Å². The third-order valence-corrected chi connectivity index (χ3v) is 2.89. The molecule has 2 nitrogen and oxygen atoms in total. The molecule has 15 heavy (non-hydrogen) atoms. The van der Waals surface area contributed by atoms with Crippen LogP contribution in [0.15, 0.2) is 34.8 Å². The molecule has 78 valence electrons. The van der Waals surface area contributed by atoms with Gasteiger partial charge in [-0.1, -0.05) is 15.9 Å². The van der Waals surface area contributed by atoms with Gasteiger partial charge in [0.05, 0.1) is 7.11 Å². The van der Waals surface area contributed by atoms with E-state index in [1.54, 1.807) is 7.11 Å². The fourth-order valence-corrected chi connectivity index (χ4v) is 2.03. The van der Waals surface area contributed by atoms with Crippen molar-refractivity contribution in [2.24, 2.45) is 5.73 Å². The first-order valence-corrected chi connectivity index (χ1v) is 5.50. The van der Waals surface area contributed by atoms with Gasteiger partial charge >= 0.3 is 0 Å². The van der Waals surface area contributed by atoms with E-state index in [0.717, 1.165) is 26.6 Å². The molecular formula is C12H12BrNO. The van der Waals surface area contributed by atoms with E-state index in [2.05, 4.69) is 28.1 Å². The fourth-order valence-electron chi connectivity index (χ4n) is 1.65. The number of benzene rings is 2. The van der Waals surface area contributed by atoms with Crippen molar-refractivity contribution in [2.45, 2.75) is 6.54 Å². The van der Waals surface area contributed by atoms with E-state index < -0.39 is 0 Å². The van der Waals surface area contributed by atoms with Gasteiger partial charge < -0.3 is 10.5 Å². The Balaban J connectivity index is 2.74. The van der Waals surface area contributed by atoms with Gasteiger partial charge in [0, 0.05) is 16.4 Å². The van der Waals surface area contributed by atoms with Crippen LogP contribution in [0, 0.1) is 0 Å². The van der Waals surface area contributed by atoms with Gasteiger partial charge in [-0.25, -0.2) is 0 Å². The molecule has 0 saturated heterocycles. The molecule has 0 radical (unpaired) electrons. The third kappa shape index (κ3) is 1.98. The number of methoxy groups -OCH3 is 1.